The minimum atomic E-state index is -0.591. The number of urea groups is 1. The predicted octanol–water partition coefficient (Wildman–Crippen LogP) is 1.86. The number of carbonyl (C=O) groups excluding carboxylic acids is 1. The minimum Gasteiger partial charge on any atom is -0.350 e. The number of primary amides is 1. The fourth-order valence-electron chi connectivity index (χ4n) is 1.78. The lowest BCUT2D eigenvalue weighted by molar-refractivity contribution is 0.249. The van der Waals surface area contributed by atoms with E-state index in [1.165, 1.54) is 6.42 Å². The summed E-state index contributed by atoms with van der Waals surface area (Å²) in [5, 5.41) is 4.08. The van der Waals surface area contributed by atoms with E-state index in [9.17, 15) is 4.79 Å². The maximum Gasteiger partial charge on any atom is 0.332 e. The molecule has 1 aliphatic rings. The lowest BCUT2D eigenvalue weighted by Crippen LogP contribution is -2.35. The molecule has 80 valence electrons. The average Bonchev–Trinajstić information content (AvgIpc) is 2.07. The second-order valence-corrected chi connectivity index (χ2v) is 4.77. The Morgan fingerprint density at radius 2 is 2.29 bits per heavy atom. The number of hydrazone groups is 1. The van der Waals surface area contributed by atoms with Gasteiger partial charge in [0.15, 0.2) is 0 Å². The van der Waals surface area contributed by atoms with Gasteiger partial charge in [0, 0.05) is 11.1 Å². The summed E-state index contributed by atoms with van der Waals surface area (Å²) in [7, 11) is 0. The van der Waals surface area contributed by atoms with E-state index in [-0.39, 0.29) is 5.41 Å². The molecule has 0 spiro atoms. The molecule has 0 aromatic rings. The number of nitrogens with zero attached hydrogens (tertiary/aromatic N) is 1. The van der Waals surface area contributed by atoms with E-state index in [1.807, 2.05) is 0 Å². The van der Waals surface area contributed by atoms with E-state index in [2.05, 4.69) is 31.3 Å². The molecule has 0 bridgehead atoms. The first-order chi connectivity index (χ1) is 6.42. The van der Waals surface area contributed by atoms with Crippen LogP contribution in [-0.2, 0) is 0 Å². The fraction of sp³-hybridized carbons (Fsp3) is 0.800. The van der Waals surface area contributed by atoms with Crippen molar-refractivity contribution in [3.8, 4) is 0 Å². The summed E-state index contributed by atoms with van der Waals surface area (Å²) in [6.45, 7) is 6.51. The number of rotatable bonds is 1. The van der Waals surface area contributed by atoms with E-state index < -0.39 is 6.03 Å². The summed E-state index contributed by atoms with van der Waals surface area (Å²) in [4.78, 5) is 10.5. The maximum atomic E-state index is 10.5. The van der Waals surface area contributed by atoms with Gasteiger partial charge in [-0.05, 0) is 25.2 Å². The van der Waals surface area contributed by atoms with Crippen LogP contribution >= 0.6 is 0 Å². The lowest BCUT2D eigenvalue weighted by atomic mass is 9.72. The van der Waals surface area contributed by atoms with Crippen LogP contribution < -0.4 is 11.2 Å². The Hall–Kier alpha value is -1.06. The number of nitrogens with one attached hydrogen (secondary N) is 1. The highest BCUT2D eigenvalue weighted by molar-refractivity contribution is 5.91. The molecular weight excluding hydrogens is 178 g/mol. The molecule has 1 fully saturated rings. The summed E-state index contributed by atoms with van der Waals surface area (Å²) in [6.07, 6.45) is 3.29. The second-order valence-electron chi connectivity index (χ2n) is 4.77. The maximum absolute atomic E-state index is 10.5. The Morgan fingerprint density at radius 1 is 1.64 bits per heavy atom. The van der Waals surface area contributed by atoms with Crippen LogP contribution in [0.3, 0.4) is 0 Å². The standard InChI is InChI=1S/C10H19N3O/c1-7-4-5-10(2,3)8(6-7)12-13-9(11)14/h7H,4-6H2,1-3H3,(H3,11,13,14)/b12-8+. The minimum absolute atomic E-state index is 0.0922. The number of amides is 2. The predicted molar refractivity (Wildman–Crippen MR) is 57.0 cm³/mol. The third kappa shape index (κ3) is 2.72. The van der Waals surface area contributed by atoms with Crippen molar-refractivity contribution in [3.05, 3.63) is 0 Å². The topological polar surface area (TPSA) is 67.5 Å². The van der Waals surface area contributed by atoms with E-state index in [4.69, 9.17) is 5.73 Å². The van der Waals surface area contributed by atoms with Crippen LogP contribution in [0, 0.1) is 11.3 Å². The van der Waals surface area contributed by atoms with E-state index in [0.29, 0.717) is 5.92 Å². The molecule has 1 atom stereocenters. The van der Waals surface area contributed by atoms with Gasteiger partial charge in [-0.2, -0.15) is 5.10 Å². The third-order valence-corrected chi connectivity index (χ3v) is 2.89. The number of hydrogen-bond acceptors (Lipinski definition) is 2. The van der Waals surface area contributed by atoms with Crippen molar-refractivity contribution in [2.24, 2.45) is 22.2 Å². The summed E-state index contributed by atoms with van der Waals surface area (Å²) in [6, 6.07) is -0.591. The van der Waals surface area contributed by atoms with Gasteiger partial charge in [-0.1, -0.05) is 20.8 Å². The highest BCUT2D eigenvalue weighted by Crippen LogP contribution is 2.35. The largest absolute Gasteiger partial charge is 0.350 e. The Morgan fingerprint density at radius 3 is 2.86 bits per heavy atom. The van der Waals surface area contributed by atoms with Crippen LogP contribution in [0.5, 0.6) is 0 Å². The molecule has 2 amide bonds. The van der Waals surface area contributed by atoms with Gasteiger partial charge in [-0.15, -0.1) is 0 Å². The first kappa shape index (κ1) is 11.0. The number of hydrogen-bond donors (Lipinski definition) is 2. The Kier molecular flexibility index (Phi) is 3.13. The number of nitrogens with two attached hydrogens (primary N) is 1. The van der Waals surface area contributed by atoms with Crippen molar-refractivity contribution < 1.29 is 4.79 Å². The Bertz CT molecular complexity index is 258. The molecule has 4 nitrogen and oxygen atoms in total. The molecule has 0 aromatic carbocycles. The summed E-state index contributed by atoms with van der Waals surface area (Å²) in [5.41, 5.74) is 8.44. The summed E-state index contributed by atoms with van der Waals surface area (Å²) >= 11 is 0. The smallest absolute Gasteiger partial charge is 0.332 e. The van der Waals surface area contributed by atoms with Crippen LogP contribution in [-0.4, -0.2) is 11.7 Å². The molecule has 1 aliphatic carbocycles. The van der Waals surface area contributed by atoms with Gasteiger partial charge in [0.05, 0.1) is 0 Å². The SMILES string of the molecule is CC1CCC(C)(C)/C(=N/NC(N)=O)C1. The molecule has 1 saturated carbocycles. The van der Waals surface area contributed by atoms with E-state index >= 15 is 0 Å². The van der Waals surface area contributed by atoms with Gasteiger partial charge in [0.25, 0.3) is 0 Å². The van der Waals surface area contributed by atoms with Crippen molar-refractivity contribution in [2.75, 3.05) is 0 Å². The van der Waals surface area contributed by atoms with Crippen LogP contribution in [0.25, 0.3) is 0 Å². The lowest BCUT2D eigenvalue weighted by Gasteiger charge is -2.34. The van der Waals surface area contributed by atoms with Crippen molar-refractivity contribution >= 4 is 11.7 Å². The fourth-order valence-corrected chi connectivity index (χ4v) is 1.78. The molecule has 14 heavy (non-hydrogen) atoms. The average molecular weight is 197 g/mol. The van der Waals surface area contributed by atoms with Gasteiger partial charge in [-0.3, -0.25) is 0 Å². The van der Waals surface area contributed by atoms with E-state index in [0.717, 1.165) is 18.6 Å². The Balaban J connectivity index is 2.71. The molecule has 3 N–H and O–H groups in total. The van der Waals surface area contributed by atoms with Crippen molar-refractivity contribution in [1.82, 2.24) is 5.43 Å². The summed E-state index contributed by atoms with van der Waals surface area (Å²) in [5.74, 6) is 0.649. The third-order valence-electron chi connectivity index (χ3n) is 2.89. The van der Waals surface area contributed by atoms with Gasteiger partial charge < -0.3 is 5.73 Å². The van der Waals surface area contributed by atoms with E-state index in [1.54, 1.807) is 0 Å². The zero-order valence-electron chi connectivity index (χ0n) is 9.13. The zero-order valence-corrected chi connectivity index (χ0v) is 9.13. The molecule has 4 heteroatoms. The normalized spacial score (nSPS) is 28.8. The van der Waals surface area contributed by atoms with Crippen LogP contribution in [0.1, 0.15) is 40.0 Å². The molecule has 0 aromatic heterocycles. The molecule has 0 radical (unpaired) electrons. The molecule has 1 unspecified atom stereocenters. The monoisotopic (exact) mass is 197 g/mol. The van der Waals surface area contributed by atoms with Gasteiger partial charge in [0.2, 0.25) is 0 Å². The van der Waals surface area contributed by atoms with Gasteiger partial charge in [0.1, 0.15) is 0 Å². The van der Waals surface area contributed by atoms with Crippen LogP contribution in [0.4, 0.5) is 4.79 Å². The highest BCUT2D eigenvalue weighted by Gasteiger charge is 2.31. The molecular formula is C10H19N3O. The van der Waals surface area contributed by atoms with Crippen LogP contribution in [0.15, 0.2) is 5.10 Å². The number of carbonyl (C=O) groups is 1. The Labute approximate surface area is 84.9 Å². The van der Waals surface area contributed by atoms with Crippen LogP contribution in [0.2, 0.25) is 0 Å². The molecule has 0 saturated heterocycles. The van der Waals surface area contributed by atoms with Crippen molar-refractivity contribution in [3.63, 3.8) is 0 Å². The summed E-state index contributed by atoms with van der Waals surface area (Å²) < 4.78 is 0. The van der Waals surface area contributed by atoms with Gasteiger partial charge >= 0.3 is 6.03 Å². The quantitative estimate of drug-likeness (QED) is 0.619. The van der Waals surface area contributed by atoms with Gasteiger partial charge in [-0.25, -0.2) is 10.2 Å². The zero-order chi connectivity index (χ0) is 10.8. The van der Waals surface area contributed by atoms with Crippen molar-refractivity contribution in [2.45, 2.75) is 40.0 Å². The molecule has 1 rings (SSSR count). The second kappa shape index (κ2) is 3.98. The first-order valence-electron chi connectivity index (χ1n) is 5.04. The first-order valence-corrected chi connectivity index (χ1v) is 5.04. The van der Waals surface area contributed by atoms with Crippen molar-refractivity contribution in [1.29, 1.82) is 0 Å². The highest BCUT2D eigenvalue weighted by atomic mass is 16.2. The molecule has 0 aliphatic heterocycles. The molecule has 0 heterocycles.